The molecule has 9 nitrogen and oxygen atoms in total. The molecule has 0 aliphatic heterocycles. The van der Waals surface area contributed by atoms with Crippen LogP contribution in [0.15, 0.2) is 27.8 Å². The van der Waals surface area contributed by atoms with Crippen molar-refractivity contribution >= 4 is 40.3 Å². The number of nitrogens with zero attached hydrogens (tertiary/aromatic N) is 5. The molecule has 0 aliphatic carbocycles. The summed E-state index contributed by atoms with van der Waals surface area (Å²) in [5.41, 5.74) is -0.910. The van der Waals surface area contributed by atoms with E-state index in [1.54, 1.807) is 12.1 Å². The Kier molecular flexibility index (Phi) is 4.13. The minimum atomic E-state index is -0.715. The molecular formula is C14H11Cl2N5O4. The minimum Gasteiger partial charge on any atom is -0.390 e. The van der Waals surface area contributed by atoms with Crippen LogP contribution in [0.4, 0.5) is 5.95 Å². The van der Waals surface area contributed by atoms with E-state index in [4.69, 9.17) is 23.2 Å². The number of halogens is 2. The summed E-state index contributed by atoms with van der Waals surface area (Å²) in [7, 11) is 2.69. The summed E-state index contributed by atoms with van der Waals surface area (Å²) in [6, 6.07) is 4.70. The predicted molar refractivity (Wildman–Crippen MR) is 92.4 cm³/mol. The molecule has 0 radical (unpaired) electrons. The number of rotatable bonds is 3. The lowest BCUT2D eigenvalue weighted by molar-refractivity contribution is -0.396. The maximum Gasteiger partial charge on any atom is 0.437 e. The van der Waals surface area contributed by atoms with Crippen LogP contribution in [-0.2, 0) is 20.6 Å². The van der Waals surface area contributed by atoms with E-state index in [1.165, 1.54) is 24.7 Å². The quantitative estimate of drug-likeness (QED) is 0.505. The number of aryl methyl sites for hydroxylation is 1. The molecule has 3 rings (SSSR count). The molecule has 0 saturated carbocycles. The van der Waals surface area contributed by atoms with Gasteiger partial charge in [-0.3, -0.25) is 13.9 Å². The molecule has 1 aromatic carbocycles. The third-order valence-electron chi connectivity index (χ3n) is 3.83. The molecular weight excluding hydrogens is 373 g/mol. The van der Waals surface area contributed by atoms with Gasteiger partial charge in [-0.1, -0.05) is 34.3 Å². The van der Waals surface area contributed by atoms with Crippen molar-refractivity contribution < 1.29 is 4.92 Å². The van der Waals surface area contributed by atoms with Gasteiger partial charge in [-0.05, 0) is 17.1 Å². The Hall–Kier alpha value is -2.65. The fraction of sp³-hybridized carbons (Fsp3) is 0.214. The molecule has 0 N–H and O–H groups in total. The first-order valence-corrected chi connectivity index (χ1v) is 7.72. The lowest BCUT2D eigenvalue weighted by atomic mass is 10.2. The highest BCUT2D eigenvalue weighted by Crippen LogP contribution is 2.25. The molecule has 0 spiro atoms. The summed E-state index contributed by atoms with van der Waals surface area (Å²) in [6.07, 6.45) is 0. The maximum atomic E-state index is 12.3. The van der Waals surface area contributed by atoms with Crippen molar-refractivity contribution in [3.63, 3.8) is 0 Å². The summed E-state index contributed by atoms with van der Waals surface area (Å²) < 4.78 is 3.16. The van der Waals surface area contributed by atoms with Crippen LogP contribution in [0.25, 0.3) is 11.2 Å². The van der Waals surface area contributed by atoms with E-state index >= 15 is 0 Å². The van der Waals surface area contributed by atoms with Crippen LogP contribution < -0.4 is 11.2 Å². The van der Waals surface area contributed by atoms with Crippen LogP contribution in [0.1, 0.15) is 5.56 Å². The summed E-state index contributed by atoms with van der Waals surface area (Å²) in [5.74, 6) is -0.556. The Morgan fingerprint density at radius 3 is 2.48 bits per heavy atom. The Balaban J connectivity index is 2.36. The van der Waals surface area contributed by atoms with E-state index in [1.807, 2.05) is 0 Å². The van der Waals surface area contributed by atoms with Gasteiger partial charge in [0.2, 0.25) is 5.65 Å². The van der Waals surface area contributed by atoms with E-state index in [0.29, 0.717) is 15.6 Å². The second-order valence-electron chi connectivity index (χ2n) is 5.37. The Labute approximate surface area is 149 Å². The fourth-order valence-corrected chi connectivity index (χ4v) is 3.05. The average molecular weight is 384 g/mol. The molecule has 0 amide bonds. The lowest BCUT2D eigenvalue weighted by Gasteiger charge is -2.08. The molecule has 0 saturated heterocycles. The summed E-state index contributed by atoms with van der Waals surface area (Å²) in [4.78, 5) is 38.9. The minimum absolute atomic E-state index is 0.0471. The molecule has 0 fully saturated rings. The number of nitro groups is 1. The van der Waals surface area contributed by atoms with Crippen LogP contribution in [0, 0.1) is 10.1 Å². The maximum absolute atomic E-state index is 12.3. The molecule has 3 aromatic rings. The van der Waals surface area contributed by atoms with E-state index in [9.17, 15) is 19.7 Å². The largest absolute Gasteiger partial charge is 0.437 e. The first-order valence-electron chi connectivity index (χ1n) is 6.97. The molecule has 0 aliphatic rings. The van der Waals surface area contributed by atoms with E-state index < -0.39 is 22.1 Å². The van der Waals surface area contributed by atoms with Gasteiger partial charge in [0.25, 0.3) is 5.52 Å². The fourth-order valence-electron chi connectivity index (χ4n) is 2.58. The number of aromatic nitrogens is 4. The molecule has 25 heavy (non-hydrogen) atoms. The van der Waals surface area contributed by atoms with Crippen LogP contribution in [0.3, 0.4) is 0 Å². The number of hydrogen-bond acceptors (Lipinski definition) is 5. The Morgan fingerprint density at radius 2 is 1.88 bits per heavy atom. The van der Waals surface area contributed by atoms with Crippen molar-refractivity contribution in [2.75, 3.05) is 0 Å². The monoisotopic (exact) mass is 383 g/mol. The molecule has 0 bridgehead atoms. The van der Waals surface area contributed by atoms with Gasteiger partial charge in [0.1, 0.15) is 6.54 Å². The van der Waals surface area contributed by atoms with Crippen molar-refractivity contribution in [2.45, 2.75) is 6.54 Å². The third-order valence-corrected chi connectivity index (χ3v) is 4.41. The second-order valence-corrected chi connectivity index (χ2v) is 6.21. The zero-order valence-electron chi connectivity index (χ0n) is 13.1. The molecule has 130 valence electrons. The van der Waals surface area contributed by atoms with Crippen molar-refractivity contribution in [2.24, 2.45) is 14.1 Å². The van der Waals surface area contributed by atoms with E-state index in [-0.39, 0.29) is 17.7 Å². The van der Waals surface area contributed by atoms with Crippen LogP contribution in [0.2, 0.25) is 10.0 Å². The topological polar surface area (TPSA) is 105 Å². The normalized spacial score (nSPS) is 11.2. The van der Waals surface area contributed by atoms with Gasteiger partial charge >= 0.3 is 17.2 Å². The molecule has 11 heteroatoms. The summed E-state index contributed by atoms with van der Waals surface area (Å²) in [6.45, 7) is -0.0523. The van der Waals surface area contributed by atoms with Crippen molar-refractivity contribution in [1.82, 2.24) is 18.7 Å². The number of hydrogen-bond donors (Lipinski definition) is 0. The Morgan fingerprint density at radius 1 is 1.20 bits per heavy atom. The van der Waals surface area contributed by atoms with Crippen molar-refractivity contribution in [3.8, 4) is 0 Å². The van der Waals surface area contributed by atoms with E-state index in [0.717, 1.165) is 9.13 Å². The van der Waals surface area contributed by atoms with Crippen LogP contribution >= 0.6 is 23.2 Å². The van der Waals surface area contributed by atoms with Gasteiger partial charge in [0.05, 0.1) is 0 Å². The highest BCUT2D eigenvalue weighted by Gasteiger charge is 2.28. The summed E-state index contributed by atoms with van der Waals surface area (Å²) in [5, 5.41) is 12.1. The van der Waals surface area contributed by atoms with E-state index in [2.05, 4.69) is 4.98 Å². The molecule has 0 unspecified atom stereocenters. The van der Waals surface area contributed by atoms with Crippen molar-refractivity contribution in [3.05, 3.63) is 64.8 Å². The van der Waals surface area contributed by atoms with Gasteiger partial charge in [0.15, 0.2) is 0 Å². The number of imidazole rings is 1. The average Bonchev–Trinajstić information content (AvgIpc) is 2.93. The smallest absolute Gasteiger partial charge is 0.390 e. The first kappa shape index (κ1) is 17.2. The van der Waals surface area contributed by atoms with Gasteiger partial charge in [0, 0.05) is 29.7 Å². The zero-order chi connectivity index (χ0) is 18.5. The molecule has 0 atom stereocenters. The second kappa shape index (κ2) is 6.01. The highest BCUT2D eigenvalue weighted by atomic mass is 35.5. The van der Waals surface area contributed by atoms with Gasteiger partial charge in [-0.25, -0.2) is 9.36 Å². The predicted octanol–water partition coefficient (Wildman–Crippen LogP) is 1.70. The van der Waals surface area contributed by atoms with Crippen LogP contribution in [-0.4, -0.2) is 23.6 Å². The Bertz CT molecular complexity index is 1140. The van der Waals surface area contributed by atoms with Gasteiger partial charge < -0.3 is 10.1 Å². The standard InChI is InChI=1S/C14H11Cl2N5O4/c1-18-11-10(12(22)19(2)14(18)23)17-13(21(24)25)20(11)6-7-3-4-8(15)5-9(7)16/h3-5H,6H2,1-2H3. The number of benzene rings is 1. The highest BCUT2D eigenvalue weighted by molar-refractivity contribution is 6.35. The first-order chi connectivity index (χ1) is 11.7. The van der Waals surface area contributed by atoms with Gasteiger partial charge in [-0.15, -0.1) is 0 Å². The molecule has 2 heterocycles. The van der Waals surface area contributed by atoms with Crippen molar-refractivity contribution in [1.29, 1.82) is 0 Å². The SMILES string of the molecule is Cn1c(=O)c2nc([N+](=O)[O-])n(Cc3ccc(Cl)cc3Cl)c2n(C)c1=O. The summed E-state index contributed by atoms with van der Waals surface area (Å²) >= 11 is 12.0. The third kappa shape index (κ3) is 2.71. The number of fused-ring (bicyclic) bond motifs is 1. The lowest BCUT2D eigenvalue weighted by Crippen LogP contribution is -2.37. The zero-order valence-corrected chi connectivity index (χ0v) is 14.6. The molecule has 2 aromatic heterocycles. The van der Waals surface area contributed by atoms with Crippen LogP contribution in [0.5, 0.6) is 0 Å². The van der Waals surface area contributed by atoms with Gasteiger partial charge in [-0.2, -0.15) is 0 Å².